The Kier molecular flexibility index (Phi) is 3.59. The van der Waals surface area contributed by atoms with Gasteiger partial charge in [0.05, 0.1) is 17.5 Å². The number of para-hydroxylation sites is 2. The molecule has 1 aliphatic heterocycles. The third-order valence-corrected chi connectivity index (χ3v) is 5.33. The molecule has 0 aromatic heterocycles. The van der Waals surface area contributed by atoms with Gasteiger partial charge in [0.25, 0.3) is 0 Å². The first kappa shape index (κ1) is 13.9. The number of sulfonamides is 1. The van der Waals surface area contributed by atoms with Crippen LogP contribution < -0.4 is 9.04 Å². The molecule has 0 aliphatic carbocycles. The lowest BCUT2D eigenvalue weighted by Gasteiger charge is -2.35. The van der Waals surface area contributed by atoms with Gasteiger partial charge in [-0.2, -0.15) is 0 Å². The molecule has 1 aliphatic rings. The molecule has 1 heterocycles. The molecular formula is C16H17NO3S. The van der Waals surface area contributed by atoms with Gasteiger partial charge in [-0.05, 0) is 24.6 Å². The molecule has 4 nitrogen and oxygen atoms in total. The van der Waals surface area contributed by atoms with Crippen molar-refractivity contribution >= 4 is 15.7 Å². The summed E-state index contributed by atoms with van der Waals surface area (Å²) in [5.41, 5.74) is 1.40. The van der Waals surface area contributed by atoms with Crippen molar-refractivity contribution in [3.8, 4) is 5.75 Å². The van der Waals surface area contributed by atoms with Crippen molar-refractivity contribution in [1.82, 2.24) is 0 Å². The lowest BCUT2D eigenvalue weighted by atomic mass is 10.2. The van der Waals surface area contributed by atoms with Crippen LogP contribution in [0.5, 0.6) is 5.75 Å². The number of anilines is 1. The molecule has 0 spiro atoms. The van der Waals surface area contributed by atoms with Gasteiger partial charge in [-0.25, -0.2) is 8.42 Å². The zero-order valence-corrected chi connectivity index (χ0v) is 12.6. The van der Waals surface area contributed by atoms with E-state index in [0.29, 0.717) is 18.0 Å². The maximum atomic E-state index is 12.8. The summed E-state index contributed by atoms with van der Waals surface area (Å²) in [6.45, 7) is 2.23. The van der Waals surface area contributed by atoms with E-state index in [2.05, 4.69) is 0 Å². The molecule has 0 radical (unpaired) electrons. The largest absolute Gasteiger partial charge is 0.489 e. The number of benzene rings is 2. The number of rotatable bonds is 3. The summed E-state index contributed by atoms with van der Waals surface area (Å²) in [4.78, 5) is 0. The first-order valence-electron chi connectivity index (χ1n) is 6.86. The van der Waals surface area contributed by atoms with Crippen LogP contribution in [0.25, 0.3) is 0 Å². The minimum atomic E-state index is -3.45. The molecule has 0 saturated heterocycles. The zero-order valence-electron chi connectivity index (χ0n) is 11.8. The highest BCUT2D eigenvalue weighted by molar-refractivity contribution is 7.92. The molecule has 5 heteroatoms. The highest BCUT2D eigenvalue weighted by atomic mass is 32.2. The van der Waals surface area contributed by atoms with Gasteiger partial charge in [0.1, 0.15) is 12.4 Å². The Morgan fingerprint density at radius 3 is 2.52 bits per heavy atom. The molecule has 2 aromatic carbocycles. The molecule has 0 saturated carbocycles. The van der Waals surface area contributed by atoms with Crippen LogP contribution >= 0.6 is 0 Å². The van der Waals surface area contributed by atoms with Crippen LogP contribution in [0.4, 0.5) is 5.69 Å². The number of ether oxygens (including phenoxy) is 1. The maximum Gasteiger partial charge on any atom is 0.239 e. The molecule has 1 atom stereocenters. The van der Waals surface area contributed by atoms with E-state index in [9.17, 15) is 8.42 Å². The van der Waals surface area contributed by atoms with E-state index in [1.807, 2.05) is 49.4 Å². The summed E-state index contributed by atoms with van der Waals surface area (Å²) >= 11 is 0. The van der Waals surface area contributed by atoms with E-state index in [1.165, 1.54) is 4.31 Å². The number of fused-ring (bicyclic) bond motifs is 1. The van der Waals surface area contributed by atoms with Gasteiger partial charge >= 0.3 is 0 Å². The van der Waals surface area contributed by atoms with Gasteiger partial charge in [0, 0.05) is 0 Å². The van der Waals surface area contributed by atoms with Crippen molar-refractivity contribution in [2.75, 3.05) is 10.9 Å². The van der Waals surface area contributed by atoms with Gasteiger partial charge in [-0.3, -0.25) is 4.31 Å². The zero-order chi connectivity index (χ0) is 14.9. The topological polar surface area (TPSA) is 46.6 Å². The molecule has 0 fully saturated rings. The monoisotopic (exact) mass is 303 g/mol. The van der Waals surface area contributed by atoms with Crippen LogP contribution in [0, 0.1) is 0 Å². The molecule has 1 unspecified atom stereocenters. The van der Waals surface area contributed by atoms with Crippen molar-refractivity contribution < 1.29 is 13.2 Å². The van der Waals surface area contributed by atoms with E-state index >= 15 is 0 Å². The Morgan fingerprint density at radius 2 is 1.76 bits per heavy atom. The summed E-state index contributed by atoms with van der Waals surface area (Å²) in [5.74, 6) is 0.610. The smallest absolute Gasteiger partial charge is 0.239 e. The van der Waals surface area contributed by atoms with Gasteiger partial charge in [-0.15, -0.1) is 0 Å². The quantitative estimate of drug-likeness (QED) is 0.876. The summed E-state index contributed by atoms with van der Waals surface area (Å²) in [7, 11) is -3.45. The molecule has 21 heavy (non-hydrogen) atoms. The average Bonchev–Trinajstić information content (AvgIpc) is 2.47. The predicted molar refractivity (Wildman–Crippen MR) is 82.9 cm³/mol. The second kappa shape index (κ2) is 5.41. The molecule has 0 bridgehead atoms. The highest BCUT2D eigenvalue weighted by Gasteiger charge is 2.33. The first-order chi connectivity index (χ1) is 10.1. The van der Waals surface area contributed by atoms with Gasteiger partial charge in [0.15, 0.2) is 0 Å². The molecule has 110 valence electrons. The fourth-order valence-corrected chi connectivity index (χ4v) is 4.37. The molecule has 0 N–H and O–H groups in total. The molecule has 0 amide bonds. The van der Waals surface area contributed by atoms with Gasteiger partial charge in [0.2, 0.25) is 10.0 Å². The lowest BCUT2D eigenvalue weighted by Crippen LogP contribution is -2.45. The number of hydrogen-bond donors (Lipinski definition) is 0. The van der Waals surface area contributed by atoms with Crippen LogP contribution in [0.2, 0.25) is 0 Å². The maximum absolute atomic E-state index is 12.8. The normalized spacial score (nSPS) is 18.0. The van der Waals surface area contributed by atoms with Crippen LogP contribution in [-0.2, 0) is 15.8 Å². The second-order valence-corrected chi connectivity index (χ2v) is 7.01. The van der Waals surface area contributed by atoms with Crippen molar-refractivity contribution in [3.63, 3.8) is 0 Å². The fourth-order valence-electron chi connectivity index (χ4n) is 2.56. The second-order valence-electron chi connectivity index (χ2n) is 5.17. The fraction of sp³-hybridized carbons (Fsp3) is 0.250. The predicted octanol–water partition coefficient (Wildman–Crippen LogP) is 2.80. The van der Waals surface area contributed by atoms with E-state index in [4.69, 9.17) is 4.74 Å². The summed E-state index contributed by atoms with van der Waals surface area (Å²) in [6.07, 6.45) is 0. The third-order valence-electron chi connectivity index (χ3n) is 3.47. The average molecular weight is 303 g/mol. The Labute approximate surface area is 125 Å². The SMILES string of the molecule is CC1COc2ccccc2N1S(=O)(=O)Cc1ccccc1. The molecule has 2 aromatic rings. The summed E-state index contributed by atoms with van der Waals surface area (Å²) in [6, 6.07) is 16.3. The van der Waals surface area contributed by atoms with E-state index < -0.39 is 10.0 Å². The summed E-state index contributed by atoms with van der Waals surface area (Å²) in [5, 5.41) is 0. The van der Waals surface area contributed by atoms with Gasteiger partial charge < -0.3 is 4.74 Å². The molecule has 3 rings (SSSR count). The minimum Gasteiger partial charge on any atom is -0.489 e. The Morgan fingerprint density at radius 1 is 1.10 bits per heavy atom. The lowest BCUT2D eigenvalue weighted by molar-refractivity contribution is 0.281. The number of hydrogen-bond acceptors (Lipinski definition) is 3. The van der Waals surface area contributed by atoms with E-state index in [-0.39, 0.29) is 11.8 Å². The third kappa shape index (κ3) is 2.74. The van der Waals surface area contributed by atoms with Crippen LogP contribution in [0.1, 0.15) is 12.5 Å². The minimum absolute atomic E-state index is 0.00743. The Bertz CT molecular complexity index is 728. The van der Waals surface area contributed by atoms with Crippen molar-refractivity contribution in [1.29, 1.82) is 0 Å². The molecular weight excluding hydrogens is 286 g/mol. The van der Waals surface area contributed by atoms with Crippen LogP contribution in [0.15, 0.2) is 54.6 Å². The van der Waals surface area contributed by atoms with Crippen LogP contribution in [0.3, 0.4) is 0 Å². The van der Waals surface area contributed by atoms with Gasteiger partial charge in [-0.1, -0.05) is 42.5 Å². The first-order valence-corrected chi connectivity index (χ1v) is 8.47. The Balaban J connectivity index is 1.98. The van der Waals surface area contributed by atoms with Crippen molar-refractivity contribution in [3.05, 3.63) is 60.2 Å². The number of nitrogens with zero attached hydrogens (tertiary/aromatic N) is 1. The van der Waals surface area contributed by atoms with Crippen molar-refractivity contribution in [2.24, 2.45) is 0 Å². The highest BCUT2D eigenvalue weighted by Crippen LogP contribution is 2.36. The van der Waals surface area contributed by atoms with E-state index in [0.717, 1.165) is 5.56 Å². The van der Waals surface area contributed by atoms with Crippen molar-refractivity contribution in [2.45, 2.75) is 18.7 Å². The standard InChI is InChI=1S/C16H17NO3S/c1-13-11-20-16-10-6-5-9-15(16)17(13)21(18,19)12-14-7-3-2-4-8-14/h2-10,13H,11-12H2,1H3. The van der Waals surface area contributed by atoms with E-state index in [1.54, 1.807) is 12.1 Å². The summed E-state index contributed by atoms with van der Waals surface area (Å²) < 4.78 is 32.7. The Hall–Kier alpha value is -2.01. The van der Waals surface area contributed by atoms with Crippen LogP contribution in [-0.4, -0.2) is 21.1 Å².